The van der Waals surface area contributed by atoms with E-state index in [1.165, 1.54) is 11.3 Å². The van der Waals surface area contributed by atoms with Crippen LogP contribution in [-0.4, -0.2) is 35.1 Å². The van der Waals surface area contributed by atoms with Crippen LogP contribution >= 0.6 is 11.3 Å². The van der Waals surface area contributed by atoms with Gasteiger partial charge in [0.15, 0.2) is 0 Å². The van der Waals surface area contributed by atoms with E-state index in [2.05, 4.69) is 32.7 Å². The molecule has 6 nitrogen and oxygen atoms in total. The molecule has 0 unspecified atom stereocenters. The van der Waals surface area contributed by atoms with Gasteiger partial charge < -0.3 is 15.4 Å². The van der Waals surface area contributed by atoms with Crippen molar-refractivity contribution in [1.82, 2.24) is 15.3 Å². The minimum Gasteiger partial charge on any atom is -0.490 e. The SMILES string of the molecule is O=C(Nc1cccnc1)c1ccc(-c2cc3ccncc3cc2OC2CCNCC2)s1. The fraction of sp³-hybridized carbons (Fsp3) is 0.208. The summed E-state index contributed by atoms with van der Waals surface area (Å²) in [7, 11) is 0. The molecule has 1 fully saturated rings. The van der Waals surface area contributed by atoms with E-state index in [9.17, 15) is 4.79 Å². The van der Waals surface area contributed by atoms with E-state index < -0.39 is 0 Å². The number of ether oxygens (including phenoxy) is 1. The summed E-state index contributed by atoms with van der Waals surface area (Å²) in [6.45, 7) is 1.93. The molecular weight excluding hydrogens is 408 g/mol. The second kappa shape index (κ2) is 8.83. The normalized spacial score (nSPS) is 14.5. The van der Waals surface area contributed by atoms with Crippen LogP contribution in [0.1, 0.15) is 22.5 Å². The van der Waals surface area contributed by atoms with Crippen molar-refractivity contribution in [2.24, 2.45) is 0 Å². The lowest BCUT2D eigenvalue weighted by molar-refractivity contribution is 0.103. The topological polar surface area (TPSA) is 76.1 Å². The van der Waals surface area contributed by atoms with E-state index in [1.54, 1.807) is 24.7 Å². The summed E-state index contributed by atoms with van der Waals surface area (Å²) in [4.78, 5) is 22.6. The molecule has 1 amide bonds. The summed E-state index contributed by atoms with van der Waals surface area (Å²) >= 11 is 1.46. The number of rotatable bonds is 5. The molecule has 0 aliphatic carbocycles. The third-order valence-corrected chi connectivity index (χ3v) is 6.45. The van der Waals surface area contributed by atoms with Gasteiger partial charge in [-0.3, -0.25) is 14.8 Å². The third-order valence-electron chi connectivity index (χ3n) is 5.33. The highest BCUT2D eigenvalue weighted by atomic mass is 32.1. The van der Waals surface area contributed by atoms with E-state index in [1.807, 2.05) is 30.5 Å². The van der Waals surface area contributed by atoms with Crippen molar-refractivity contribution >= 4 is 33.7 Å². The number of anilines is 1. The van der Waals surface area contributed by atoms with Gasteiger partial charge in [-0.15, -0.1) is 11.3 Å². The Morgan fingerprint density at radius 2 is 1.90 bits per heavy atom. The lowest BCUT2D eigenvalue weighted by Crippen LogP contribution is -2.34. The van der Waals surface area contributed by atoms with Gasteiger partial charge in [0, 0.05) is 34.4 Å². The molecular formula is C24H22N4O2S. The van der Waals surface area contributed by atoms with E-state index in [0.717, 1.165) is 52.9 Å². The zero-order chi connectivity index (χ0) is 21.0. The molecule has 4 aromatic rings. The summed E-state index contributed by atoms with van der Waals surface area (Å²) in [6, 6.07) is 13.6. The number of benzene rings is 1. The van der Waals surface area contributed by atoms with Gasteiger partial charge in [0.2, 0.25) is 0 Å². The monoisotopic (exact) mass is 430 g/mol. The van der Waals surface area contributed by atoms with Gasteiger partial charge >= 0.3 is 0 Å². The number of nitrogens with one attached hydrogen (secondary N) is 2. The predicted molar refractivity (Wildman–Crippen MR) is 124 cm³/mol. The van der Waals surface area contributed by atoms with Crippen molar-refractivity contribution in [2.75, 3.05) is 18.4 Å². The second-order valence-electron chi connectivity index (χ2n) is 7.50. The zero-order valence-corrected chi connectivity index (χ0v) is 17.7. The second-order valence-corrected chi connectivity index (χ2v) is 8.58. The molecule has 5 rings (SSSR count). The van der Waals surface area contributed by atoms with Gasteiger partial charge in [0.1, 0.15) is 11.9 Å². The first-order valence-electron chi connectivity index (χ1n) is 10.3. The first kappa shape index (κ1) is 19.7. The Labute approximate surface area is 184 Å². The number of aromatic nitrogens is 2. The molecule has 1 aliphatic rings. The Hall–Kier alpha value is -3.29. The number of fused-ring (bicyclic) bond motifs is 1. The molecule has 7 heteroatoms. The average Bonchev–Trinajstić information content (AvgIpc) is 3.30. The van der Waals surface area contributed by atoms with Gasteiger partial charge in [-0.1, -0.05) is 0 Å². The molecule has 4 heterocycles. The van der Waals surface area contributed by atoms with E-state index >= 15 is 0 Å². The largest absolute Gasteiger partial charge is 0.490 e. The number of nitrogens with zero attached hydrogens (tertiary/aromatic N) is 2. The highest BCUT2D eigenvalue weighted by Gasteiger charge is 2.19. The molecule has 156 valence electrons. The van der Waals surface area contributed by atoms with Crippen LogP contribution < -0.4 is 15.4 Å². The van der Waals surface area contributed by atoms with Gasteiger partial charge in [-0.05, 0) is 73.8 Å². The summed E-state index contributed by atoms with van der Waals surface area (Å²) in [5.41, 5.74) is 1.68. The Morgan fingerprint density at radius 3 is 2.74 bits per heavy atom. The first-order valence-corrected chi connectivity index (χ1v) is 11.1. The maximum atomic E-state index is 12.7. The summed E-state index contributed by atoms with van der Waals surface area (Å²) in [6.07, 6.45) is 9.10. The smallest absolute Gasteiger partial charge is 0.265 e. The molecule has 0 spiro atoms. The fourth-order valence-corrected chi connectivity index (χ4v) is 4.65. The minimum atomic E-state index is -0.143. The average molecular weight is 431 g/mol. The predicted octanol–water partition coefficient (Wildman–Crippen LogP) is 4.74. The van der Waals surface area contributed by atoms with Gasteiger partial charge in [-0.25, -0.2) is 0 Å². The number of pyridine rings is 2. The quantitative estimate of drug-likeness (QED) is 0.478. The number of thiophene rings is 1. The van der Waals surface area contributed by atoms with Crippen molar-refractivity contribution in [3.8, 4) is 16.2 Å². The van der Waals surface area contributed by atoms with E-state index in [4.69, 9.17) is 4.74 Å². The molecule has 0 atom stereocenters. The van der Waals surface area contributed by atoms with Crippen LogP contribution in [0.4, 0.5) is 5.69 Å². The van der Waals surface area contributed by atoms with Crippen LogP contribution in [0.2, 0.25) is 0 Å². The lowest BCUT2D eigenvalue weighted by atomic mass is 10.1. The number of carbonyl (C=O) groups excluding carboxylic acids is 1. The summed E-state index contributed by atoms with van der Waals surface area (Å²) in [5.74, 6) is 0.698. The third kappa shape index (κ3) is 4.42. The molecule has 1 saturated heterocycles. The lowest BCUT2D eigenvalue weighted by Gasteiger charge is -2.25. The van der Waals surface area contributed by atoms with Crippen molar-refractivity contribution in [3.63, 3.8) is 0 Å². The highest BCUT2D eigenvalue weighted by Crippen LogP contribution is 2.39. The van der Waals surface area contributed by atoms with Crippen LogP contribution in [0.3, 0.4) is 0 Å². The molecule has 0 radical (unpaired) electrons. The molecule has 3 aromatic heterocycles. The molecule has 2 N–H and O–H groups in total. The number of carbonyl (C=O) groups is 1. The zero-order valence-electron chi connectivity index (χ0n) is 16.9. The van der Waals surface area contributed by atoms with Crippen LogP contribution in [-0.2, 0) is 0 Å². The molecule has 1 aliphatic heterocycles. The molecule has 0 saturated carbocycles. The fourth-order valence-electron chi connectivity index (χ4n) is 3.73. The Balaban J connectivity index is 1.47. The van der Waals surface area contributed by atoms with Crippen molar-refractivity contribution in [3.05, 3.63) is 72.1 Å². The Bertz CT molecular complexity index is 1200. The minimum absolute atomic E-state index is 0.143. The first-order chi connectivity index (χ1) is 15.3. The van der Waals surface area contributed by atoms with Gasteiger partial charge in [0.05, 0.1) is 16.8 Å². The van der Waals surface area contributed by atoms with Gasteiger partial charge in [-0.2, -0.15) is 0 Å². The summed E-state index contributed by atoms with van der Waals surface area (Å²) in [5, 5.41) is 8.41. The maximum absolute atomic E-state index is 12.7. The van der Waals surface area contributed by atoms with E-state index in [-0.39, 0.29) is 12.0 Å². The molecule has 0 bridgehead atoms. The van der Waals surface area contributed by atoms with Gasteiger partial charge in [0.25, 0.3) is 5.91 Å². The van der Waals surface area contributed by atoms with Crippen molar-refractivity contribution < 1.29 is 9.53 Å². The number of hydrogen-bond acceptors (Lipinski definition) is 6. The summed E-state index contributed by atoms with van der Waals surface area (Å²) < 4.78 is 6.44. The number of piperidine rings is 1. The Morgan fingerprint density at radius 1 is 1.03 bits per heavy atom. The van der Waals surface area contributed by atoms with Crippen molar-refractivity contribution in [1.29, 1.82) is 0 Å². The van der Waals surface area contributed by atoms with Crippen LogP contribution in [0, 0.1) is 0 Å². The van der Waals surface area contributed by atoms with Crippen LogP contribution in [0.15, 0.2) is 67.3 Å². The molecule has 31 heavy (non-hydrogen) atoms. The Kier molecular flexibility index (Phi) is 5.60. The maximum Gasteiger partial charge on any atom is 0.265 e. The number of amides is 1. The standard InChI is InChI=1S/C24H22N4O2S/c29-24(28-18-2-1-8-26-15-18)23-4-3-22(31-23)20-12-16-5-9-27-14-17(16)13-21(20)30-19-6-10-25-11-7-19/h1-5,8-9,12-15,19,25H,6-7,10-11H2,(H,28,29). The highest BCUT2D eigenvalue weighted by molar-refractivity contribution is 7.17. The number of hydrogen-bond donors (Lipinski definition) is 2. The molecule has 1 aromatic carbocycles. The van der Waals surface area contributed by atoms with Crippen LogP contribution in [0.25, 0.3) is 21.2 Å². The van der Waals surface area contributed by atoms with E-state index in [0.29, 0.717) is 10.6 Å². The van der Waals surface area contributed by atoms with Crippen molar-refractivity contribution in [2.45, 2.75) is 18.9 Å². The van der Waals surface area contributed by atoms with Crippen LogP contribution in [0.5, 0.6) is 5.75 Å².